The van der Waals surface area contributed by atoms with Crippen molar-refractivity contribution < 1.29 is 4.74 Å². The van der Waals surface area contributed by atoms with Crippen LogP contribution in [0, 0.1) is 5.92 Å². The Balaban J connectivity index is 1.13. The number of rotatable bonds is 3. The Morgan fingerprint density at radius 2 is 1.46 bits per heavy atom. The van der Waals surface area contributed by atoms with E-state index in [0.717, 1.165) is 79.1 Å². The van der Waals surface area contributed by atoms with E-state index in [4.69, 9.17) is 20.4 Å². The van der Waals surface area contributed by atoms with Gasteiger partial charge in [-0.15, -0.1) is 0 Å². The highest BCUT2D eigenvalue weighted by molar-refractivity contribution is 6.03. The minimum absolute atomic E-state index is 0.140. The van der Waals surface area contributed by atoms with Gasteiger partial charge in [0, 0.05) is 39.4 Å². The van der Waals surface area contributed by atoms with Crippen molar-refractivity contribution in [2.24, 2.45) is 16.6 Å². The van der Waals surface area contributed by atoms with Gasteiger partial charge in [0.05, 0.1) is 28.1 Å². The minimum atomic E-state index is 0.140. The van der Waals surface area contributed by atoms with Crippen LogP contribution in [-0.4, -0.2) is 15.4 Å². The van der Waals surface area contributed by atoms with Crippen molar-refractivity contribution in [1.29, 1.82) is 0 Å². The summed E-state index contributed by atoms with van der Waals surface area (Å²) < 4.78 is 8.56. The molecule has 0 bridgehead atoms. The Hall–Kier alpha value is -6.66. The van der Waals surface area contributed by atoms with Gasteiger partial charge in [-0.2, -0.15) is 0 Å². The molecule has 0 radical (unpaired) electrons. The number of anilines is 3. The molecule has 10 rings (SSSR count). The summed E-state index contributed by atoms with van der Waals surface area (Å²) in [5.74, 6) is 3.01. The Labute approximate surface area is 289 Å². The Bertz CT molecular complexity index is 2660. The molecular weight excluding hydrogens is 615 g/mol. The fraction of sp³-hybridized carbons (Fsp3) is 0.0455. The molecule has 2 N–H and O–H groups in total. The summed E-state index contributed by atoms with van der Waals surface area (Å²) in [5.41, 5.74) is 17.9. The number of para-hydroxylation sites is 4. The first-order valence-electron chi connectivity index (χ1n) is 16.9. The van der Waals surface area contributed by atoms with Crippen LogP contribution in [0.4, 0.5) is 17.3 Å². The molecule has 238 valence electrons. The summed E-state index contributed by atoms with van der Waals surface area (Å²) in [6.07, 6.45) is 6.19. The zero-order valence-corrected chi connectivity index (χ0v) is 27.3. The van der Waals surface area contributed by atoms with Crippen molar-refractivity contribution in [3.63, 3.8) is 0 Å². The first-order chi connectivity index (χ1) is 24.6. The van der Waals surface area contributed by atoms with E-state index < -0.39 is 0 Å². The lowest BCUT2D eigenvalue weighted by molar-refractivity contribution is 0.418. The molecule has 7 aromatic rings. The first-order valence-corrected chi connectivity index (χ1v) is 16.9. The van der Waals surface area contributed by atoms with Gasteiger partial charge in [0.25, 0.3) is 0 Å². The minimum Gasteiger partial charge on any atom is -0.456 e. The zero-order chi connectivity index (χ0) is 33.3. The number of aromatic nitrogens is 2. The molecule has 0 spiro atoms. The van der Waals surface area contributed by atoms with Crippen LogP contribution in [-0.2, 0) is 0 Å². The molecule has 3 heterocycles. The van der Waals surface area contributed by atoms with Gasteiger partial charge in [-0.3, -0.25) is 9.47 Å². The smallest absolute Gasteiger partial charge is 0.220 e. The van der Waals surface area contributed by atoms with E-state index >= 15 is 0 Å². The predicted molar refractivity (Wildman–Crippen MR) is 203 cm³/mol. The molecule has 1 aromatic heterocycles. The molecule has 0 fully saturated rings. The third-order valence-corrected chi connectivity index (χ3v) is 9.92. The predicted octanol–water partition coefficient (Wildman–Crippen LogP) is 10.2. The number of hydrogen-bond acceptors (Lipinski definition) is 4. The van der Waals surface area contributed by atoms with Crippen molar-refractivity contribution in [3.05, 3.63) is 174 Å². The standard InChI is InChI=1S/C44H31N5O/c1-27-11-10-20-40-41(27)42(33-15-5-9-19-39(33)50-40)47-43(45)28-21-23-31(24-22-28)48-36-17-7-4-14-32(36)34-25-29-12-2-3-13-30(29)26-38(34)49-37-18-8-6-16-35(37)46-44(48)49/h2-27H,1H3,(H2,45,47). The van der Waals surface area contributed by atoms with E-state index in [1.165, 1.54) is 10.8 Å². The van der Waals surface area contributed by atoms with Crippen LogP contribution in [0.5, 0.6) is 5.75 Å². The average Bonchev–Trinajstić information content (AvgIpc) is 3.48. The molecule has 0 amide bonds. The molecule has 50 heavy (non-hydrogen) atoms. The highest BCUT2D eigenvalue weighted by atomic mass is 16.5. The number of amidine groups is 1. The lowest BCUT2D eigenvalue weighted by atomic mass is 9.88. The number of hydrogen-bond donors (Lipinski definition) is 1. The average molecular weight is 646 g/mol. The maximum absolute atomic E-state index is 6.82. The number of ether oxygens (including phenoxy) is 1. The van der Waals surface area contributed by atoms with Gasteiger partial charge in [-0.05, 0) is 83.6 Å². The summed E-state index contributed by atoms with van der Waals surface area (Å²) >= 11 is 0. The quantitative estimate of drug-likeness (QED) is 0.153. The van der Waals surface area contributed by atoms with Crippen LogP contribution >= 0.6 is 0 Å². The van der Waals surface area contributed by atoms with Gasteiger partial charge in [-0.1, -0.05) is 85.8 Å². The summed E-state index contributed by atoms with van der Waals surface area (Å²) in [4.78, 5) is 12.6. The third kappa shape index (κ3) is 4.28. The van der Waals surface area contributed by atoms with Gasteiger partial charge in [0.2, 0.25) is 5.95 Å². The van der Waals surface area contributed by atoms with E-state index in [-0.39, 0.29) is 5.92 Å². The van der Waals surface area contributed by atoms with Crippen molar-refractivity contribution in [2.45, 2.75) is 6.92 Å². The number of allylic oxidation sites excluding steroid dienone is 4. The Kier molecular flexibility index (Phi) is 6.20. The summed E-state index contributed by atoms with van der Waals surface area (Å²) in [5, 5.41) is 2.38. The largest absolute Gasteiger partial charge is 0.456 e. The van der Waals surface area contributed by atoms with Crippen molar-refractivity contribution in [2.75, 3.05) is 4.90 Å². The molecule has 6 nitrogen and oxygen atoms in total. The highest BCUT2D eigenvalue weighted by Gasteiger charge is 2.31. The molecule has 1 aliphatic carbocycles. The summed E-state index contributed by atoms with van der Waals surface area (Å²) in [6, 6.07) is 46.4. The fourth-order valence-electron chi connectivity index (χ4n) is 7.53. The van der Waals surface area contributed by atoms with Crippen molar-refractivity contribution >= 4 is 50.7 Å². The van der Waals surface area contributed by atoms with Crippen LogP contribution in [0.15, 0.2) is 168 Å². The van der Waals surface area contributed by atoms with Gasteiger partial charge >= 0.3 is 0 Å². The second-order valence-corrected chi connectivity index (χ2v) is 12.9. The maximum Gasteiger partial charge on any atom is 0.220 e. The van der Waals surface area contributed by atoms with Gasteiger partial charge in [-0.25, -0.2) is 9.98 Å². The Morgan fingerprint density at radius 3 is 2.32 bits per heavy atom. The molecule has 6 aromatic carbocycles. The third-order valence-electron chi connectivity index (χ3n) is 9.92. The lowest BCUT2D eigenvalue weighted by Gasteiger charge is -2.28. The van der Waals surface area contributed by atoms with Gasteiger partial charge in [0.1, 0.15) is 17.3 Å². The summed E-state index contributed by atoms with van der Waals surface area (Å²) in [6.45, 7) is 2.16. The molecule has 1 atom stereocenters. The lowest BCUT2D eigenvalue weighted by Crippen LogP contribution is -2.19. The second-order valence-electron chi connectivity index (χ2n) is 12.9. The molecular formula is C44H31N5O. The molecule has 0 saturated carbocycles. The van der Waals surface area contributed by atoms with E-state index in [0.29, 0.717) is 5.84 Å². The topological polar surface area (TPSA) is 68.7 Å². The normalized spacial score (nSPS) is 16.2. The van der Waals surface area contributed by atoms with Crippen LogP contribution in [0.3, 0.4) is 0 Å². The maximum atomic E-state index is 6.82. The van der Waals surface area contributed by atoms with Crippen LogP contribution in [0.25, 0.3) is 44.3 Å². The zero-order valence-electron chi connectivity index (χ0n) is 27.3. The monoisotopic (exact) mass is 645 g/mol. The van der Waals surface area contributed by atoms with Crippen molar-refractivity contribution in [3.8, 4) is 22.6 Å². The number of imidazole rings is 1. The number of benzene rings is 6. The highest BCUT2D eigenvalue weighted by Crippen LogP contribution is 2.48. The number of fused-ring (bicyclic) bond motifs is 10. The number of nitrogens with two attached hydrogens (primary N) is 1. The molecule has 6 heteroatoms. The van der Waals surface area contributed by atoms with Crippen LogP contribution < -0.4 is 15.4 Å². The molecule has 2 aliphatic heterocycles. The molecule has 0 saturated heterocycles. The molecule has 3 aliphatic rings. The van der Waals surface area contributed by atoms with Crippen LogP contribution in [0.2, 0.25) is 0 Å². The van der Waals surface area contributed by atoms with Gasteiger partial charge in [0.15, 0.2) is 0 Å². The second kappa shape index (κ2) is 10.9. The number of aliphatic imine (C=N–C) groups is 1. The van der Waals surface area contributed by atoms with E-state index in [9.17, 15) is 0 Å². The van der Waals surface area contributed by atoms with Crippen molar-refractivity contribution in [1.82, 2.24) is 9.55 Å². The van der Waals surface area contributed by atoms with Crippen LogP contribution in [0.1, 0.15) is 18.1 Å². The first kappa shape index (κ1) is 28.4. The number of nitrogens with zero attached hydrogens (tertiary/aromatic N) is 4. The Morgan fingerprint density at radius 1 is 0.740 bits per heavy atom. The van der Waals surface area contributed by atoms with E-state index in [1.807, 2.05) is 54.6 Å². The SMILES string of the molecule is CC1C=CC=C2Oc3ccccc3C(N=C(N)c3ccc(N4c5ccccc5-c5cc6ccccc6cc5-n5c4nc4ccccc45)cc3)=C21. The van der Waals surface area contributed by atoms with E-state index in [1.54, 1.807) is 0 Å². The fourth-order valence-corrected chi connectivity index (χ4v) is 7.53. The molecule has 1 unspecified atom stereocenters. The van der Waals surface area contributed by atoms with Gasteiger partial charge < -0.3 is 10.5 Å². The summed E-state index contributed by atoms with van der Waals surface area (Å²) in [7, 11) is 0. The van der Waals surface area contributed by atoms with E-state index in [2.05, 4.69) is 113 Å².